The molecule has 0 bridgehead atoms. The number of benzene rings is 3. The summed E-state index contributed by atoms with van der Waals surface area (Å²) in [6.45, 7) is 0. The molecule has 1 atom stereocenters. The van der Waals surface area contributed by atoms with E-state index in [1.165, 1.54) is 5.56 Å². The first kappa shape index (κ1) is 19.6. The Hall–Kier alpha value is -3.20. The molecule has 1 amide bonds. The molecule has 0 aliphatic rings. The van der Waals surface area contributed by atoms with Gasteiger partial charge in [0.15, 0.2) is 5.78 Å². The molecule has 0 fully saturated rings. The van der Waals surface area contributed by atoms with Gasteiger partial charge in [-0.3, -0.25) is 9.59 Å². The third-order valence-electron chi connectivity index (χ3n) is 4.72. The van der Waals surface area contributed by atoms with Crippen LogP contribution >= 0.6 is 0 Å². The highest BCUT2D eigenvalue weighted by Gasteiger charge is 2.15. The zero-order chi connectivity index (χ0) is 19.6. The highest BCUT2D eigenvalue weighted by Crippen LogP contribution is 2.19. The van der Waals surface area contributed by atoms with E-state index < -0.39 is 0 Å². The average molecular weight is 371 g/mol. The summed E-state index contributed by atoms with van der Waals surface area (Å²) >= 11 is 0. The summed E-state index contributed by atoms with van der Waals surface area (Å²) in [5.74, 6) is 0.0583. The first-order chi connectivity index (χ1) is 13.7. The molecule has 0 saturated carbocycles. The van der Waals surface area contributed by atoms with Crippen molar-refractivity contribution in [1.29, 1.82) is 0 Å². The minimum atomic E-state index is -0.0825. The van der Waals surface area contributed by atoms with E-state index in [0.717, 1.165) is 12.0 Å². The van der Waals surface area contributed by atoms with Crippen LogP contribution < -0.4 is 5.32 Å². The minimum absolute atomic E-state index is 0.0226. The Morgan fingerprint density at radius 1 is 0.714 bits per heavy atom. The van der Waals surface area contributed by atoms with E-state index >= 15 is 0 Å². The standard InChI is InChI=1S/C25H25NO2/c27-24(22-15-8-3-9-16-22)17-10-18-25(28)26-23(21-13-6-2-7-14-21)19-20-11-4-1-5-12-20/h1-9,11-16,23H,10,17-19H2,(H,26,28). The molecular weight excluding hydrogens is 346 g/mol. The summed E-state index contributed by atoms with van der Waals surface area (Å²) in [6, 6.07) is 29.3. The normalized spacial score (nSPS) is 11.6. The lowest BCUT2D eigenvalue weighted by Crippen LogP contribution is -2.29. The molecule has 28 heavy (non-hydrogen) atoms. The molecule has 3 nitrogen and oxygen atoms in total. The Morgan fingerprint density at radius 2 is 1.29 bits per heavy atom. The lowest BCUT2D eigenvalue weighted by atomic mass is 9.98. The fraction of sp³-hybridized carbons (Fsp3) is 0.200. The second-order valence-electron chi connectivity index (χ2n) is 6.86. The van der Waals surface area contributed by atoms with E-state index in [1.54, 1.807) is 0 Å². The number of hydrogen-bond donors (Lipinski definition) is 1. The molecule has 1 unspecified atom stereocenters. The van der Waals surface area contributed by atoms with Gasteiger partial charge >= 0.3 is 0 Å². The fourth-order valence-electron chi connectivity index (χ4n) is 3.23. The zero-order valence-electron chi connectivity index (χ0n) is 15.9. The van der Waals surface area contributed by atoms with E-state index in [4.69, 9.17) is 0 Å². The molecule has 0 saturated heterocycles. The van der Waals surface area contributed by atoms with Crippen LogP contribution in [0, 0.1) is 0 Å². The second-order valence-corrected chi connectivity index (χ2v) is 6.86. The van der Waals surface area contributed by atoms with Crippen molar-refractivity contribution in [2.24, 2.45) is 0 Å². The van der Waals surface area contributed by atoms with Gasteiger partial charge in [0, 0.05) is 18.4 Å². The third-order valence-corrected chi connectivity index (χ3v) is 4.72. The molecule has 0 heterocycles. The summed E-state index contributed by atoms with van der Waals surface area (Å²) < 4.78 is 0. The van der Waals surface area contributed by atoms with E-state index in [2.05, 4.69) is 17.4 Å². The van der Waals surface area contributed by atoms with E-state index in [9.17, 15) is 9.59 Å². The maximum Gasteiger partial charge on any atom is 0.220 e. The van der Waals surface area contributed by atoms with Crippen molar-refractivity contribution in [3.8, 4) is 0 Å². The first-order valence-electron chi connectivity index (χ1n) is 9.69. The molecule has 0 aromatic heterocycles. The number of carbonyl (C=O) groups is 2. The smallest absolute Gasteiger partial charge is 0.220 e. The van der Waals surface area contributed by atoms with Crippen LogP contribution in [0.3, 0.4) is 0 Å². The van der Waals surface area contributed by atoms with Gasteiger partial charge in [-0.25, -0.2) is 0 Å². The molecule has 0 radical (unpaired) electrons. The molecule has 142 valence electrons. The van der Waals surface area contributed by atoms with E-state index in [-0.39, 0.29) is 17.7 Å². The zero-order valence-corrected chi connectivity index (χ0v) is 15.9. The van der Waals surface area contributed by atoms with Gasteiger partial charge in [0.05, 0.1) is 6.04 Å². The van der Waals surface area contributed by atoms with Crippen molar-refractivity contribution in [1.82, 2.24) is 5.32 Å². The second kappa shape index (κ2) is 10.2. The topological polar surface area (TPSA) is 46.2 Å². The van der Waals surface area contributed by atoms with E-state index in [0.29, 0.717) is 24.8 Å². The predicted molar refractivity (Wildman–Crippen MR) is 112 cm³/mol. The van der Waals surface area contributed by atoms with Gasteiger partial charge in [0.2, 0.25) is 5.91 Å². The SMILES string of the molecule is O=C(CCCC(=O)c1ccccc1)NC(Cc1ccccc1)c1ccccc1. The van der Waals surface area contributed by atoms with Crippen molar-refractivity contribution in [2.75, 3.05) is 0 Å². The number of ketones is 1. The van der Waals surface area contributed by atoms with Crippen LogP contribution in [0.4, 0.5) is 0 Å². The number of Topliss-reactive ketones (excluding diaryl/α,β-unsaturated/α-hetero) is 1. The fourth-order valence-corrected chi connectivity index (χ4v) is 3.23. The quantitative estimate of drug-likeness (QED) is 0.529. The van der Waals surface area contributed by atoms with Gasteiger partial charge in [0.1, 0.15) is 0 Å². The van der Waals surface area contributed by atoms with Crippen LogP contribution in [0.2, 0.25) is 0 Å². The van der Waals surface area contributed by atoms with Gasteiger partial charge in [0.25, 0.3) is 0 Å². The van der Waals surface area contributed by atoms with Gasteiger partial charge in [-0.05, 0) is 24.0 Å². The van der Waals surface area contributed by atoms with Crippen LogP contribution in [-0.4, -0.2) is 11.7 Å². The lowest BCUT2D eigenvalue weighted by molar-refractivity contribution is -0.121. The molecular formula is C25H25NO2. The average Bonchev–Trinajstić information content (AvgIpc) is 2.75. The Kier molecular flexibility index (Phi) is 7.14. The summed E-state index contributed by atoms with van der Waals surface area (Å²) in [4.78, 5) is 24.7. The number of rotatable bonds is 9. The first-order valence-corrected chi connectivity index (χ1v) is 9.69. The van der Waals surface area contributed by atoms with Crippen LogP contribution in [0.15, 0.2) is 91.0 Å². The largest absolute Gasteiger partial charge is 0.349 e. The highest BCUT2D eigenvalue weighted by molar-refractivity contribution is 5.96. The van der Waals surface area contributed by atoms with Crippen LogP contribution in [0.5, 0.6) is 0 Å². The summed E-state index contributed by atoms with van der Waals surface area (Å²) in [5, 5.41) is 3.15. The van der Waals surface area contributed by atoms with Gasteiger partial charge in [-0.1, -0.05) is 91.0 Å². The van der Waals surface area contributed by atoms with Crippen molar-refractivity contribution < 1.29 is 9.59 Å². The van der Waals surface area contributed by atoms with Crippen molar-refractivity contribution >= 4 is 11.7 Å². The lowest BCUT2D eigenvalue weighted by Gasteiger charge is -2.19. The summed E-state index contributed by atoms with van der Waals surface area (Å²) in [6.07, 6.45) is 2.01. The predicted octanol–water partition coefficient (Wildman–Crippen LogP) is 5.14. The molecule has 1 N–H and O–H groups in total. The van der Waals surface area contributed by atoms with Crippen molar-refractivity contribution in [3.63, 3.8) is 0 Å². The number of amides is 1. The summed E-state index contributed by atoms with van der Waals surface area (Å²) in [7, 11) is 0. The van der Waals surface area contributed by atoms with Crippen LogP contribution in [0.25, 0.3) is 0 Å². The van der Waals surface area contributed by atoms with E-state index in [1.807, 2.05) is 78.9 Å². The minimum Gasteiger partial charge on any atom is -0.349 e. The molecule has 3 rings (SSSR count). The molecule has 0 aliphatic carbocycles. The number of carbonyl (C=O) groups excluding carboxylic acids is 2. The van der Waals surface area contributed by atoms with Gasteiger partial charge in [-0.15, -0.1) is 0 Å². The van der Waals surface area contributed by atoms with Crippen molar-refractivity contribution in [3.05, 3.63) is 108 Å². The molecule has 3 heteroatoms. The van der Waals surface area contributed by atoms with Crippen LogP contribution in [-0.2, 0) is 11.2 Å². The Labute approximate surface area is 166 Å². The van der Waals surface area contributed by atoms with Crippen LogP contribution in [0.1, 0.15) is 46.8 Å². The maximum absolute atomic E-state index is 12.5. The molecule has 3 aromatic carbocycles. The molecule has 0 spiro atoms. The molecule has 3 aromatic rings. The molecule has 0 aliphatic heterocycles. The third kappa shape index (κ3) is 5.92. The Morgan fingerprint density at radius 3 is 1.93 bits per heavy atom. The monoisotopic (exact) mass is 371 g/mol. The Balaban J connectivity index is 1.56. The number of nitrogens with one attached hydrogen (secondary N) is 1. The van der Waals surface area contributed by atoms with Gasteiger partial charge in [-0.2, -0.15) is 0 Å². The number of hydrogen-bond acceptors (Lipinski definition) is 2. The maximum atomic E-state index is 12.5. The highest BCUT2D eigenvalue weighted by atomic mass is 16.1. The van der Waals surface area contributed by atoms with Gasteiger partial charge < -0.3 is 5.32 Å². The summed E-state index contributed by atoms with van der Waals surface area (Å²) in [5.41, 5.74) is 2.96. The Bertz CT molecular complexity index is 876. The van der Waals surface area contributed by atoms with Crippen molar-refractivity contribution in [2.45, 2.75) is 31.7 Å².